The van der Waals surface area contributed by atoms with E-state index in [1.54, 1.807) is 12.1 Å². The third-order valence-corrected chi connectivity index (χ3v) is 3.07. The number of nitrogens with one attached hydrogen (secondary N) is 1. The molecule has 1 aliphatic rings. The summed E-state index contributed by atoms with van der Waals surface area (Å²) in [6.07, 6.45) is -1.84. The van der Waals surface area contributed by atoms with Crippen molar-refractivity contribution in [1.29, 1.82) is 0 Å². The fraction of sp³-hybridized carbons (Fsp3) is 0.538. The molecule has 1 aliphatic heterocycles. The predicted molar refractivity (Wildman–Crippen MR) is 63.5 cm³/mol. The summed E-state index contributed by atoms with van der Waals surface area (Å²) in [5.41, 5.74) is -0.00660. The van der Waals surface area contributed by atoms with Crippen molar-refractivity contribution in [3.05, 3.63) is 35.4 Å². The lowest BCUT2D eigenvalue weighted by molar-refractivity contribution is 0.0268. The van der Waals surface area contributed by atoms with Crippen molar-refractivity contribution in [3.63, 3.8) is 0 Å². The number of aliphatic hydroxyl groups is 1. The molecule has 0 saturated carbocycles. The summed E-state index contributed by atoms with van der Waals surface area (Å²) in [7, 11) is 0. The summed E-state index contributed by atoms with van der Waals surface area (Å²) in [6.45, 7) is 1.77. The Hall–Kier alpha value is -1.04. The summed E-state index contributed by atoms with van der Waals surface area (Å²) in [5, 5.41) is 13.1. The fourth-order valence-corrected chi connectivity index (χ4v) is 2.01. The molecule has 0 aliphatic carbocycles. The van der Waals surface area contributed by atoms with Crippen LogP contribution in [0.1, 0.15) is 24.0 Å². The molecule has 0 spiro atoms. The molecule has 5 heteroatoms. The van der Waals surface area contributed by atoms with Crippen LogP contribution in [-0.2, 0) is 11.3 Å². The van der Waals surface area contributed by atoms with Crippen LogP contribution >= 0.6 is 0 Å². The second-order valence-electron chi connectivity index (χ2n) is 4.68. The topological polar surface area (TPSA) is 41.5 Å². The van der Waals surface area contributed by atoms with Crippen LogP contribution in [0.4, 0.5) is 8.78 Å². The Morgan fingerprint density at radius 3 is 2.94 bits per heavy atom. The van der Waals surface area contributed by atoms with Gasteiger partial charge in [0, 0.05) is 31.7 Å². The smallest absolute Gasteiger partial charge is 0.263 e. The molecular formula is C13H17F2NO2. The van der Waals surface area contributed by atoms with Gasteiger partial charge in [0.25, 0.3) is 6.43 Å². The molecule has 1 fully saturated rings. The van der Waals surface area contributed by atoms with E-state index in [2.05, 4.69) is 5.32 Å². The van der Waals surface area contributed by atoms with Crippen molar-refractivity contribution in [1.82, 2.24) is 5.32 Å². The largest absolute Gasteiger partial charge is 0.386 e. The van der Waals surface area contributed by atoms with Crippen molar-refractivity contribution in [3.8, 4) is 0 Å². The highest BCUT2D eigenvalue weighted by Gasteiger charge is 2.31. The maximum Gasteiger partial charge on any atom is 0.263 e. The molecule has 1 heterocycles. The first-order chi connectivity index (χ1) is 8.59. The average Bonchev–Trinajstić information content (AvgIpc) is 2.77. The Morgan fingerprint density at radius 1 is 1.44 bits per heavy atom. The third-order valence-electron chi connectivity index (χ3n) is 3.07. The van der Waals surface area contributed by atoms with Gasteiger partial charge in [-0.25, -0.2) is 8.78 Å². The van der Waals surface area contributed by atoms with Gasteiger partial charge in [-0.1, -0.05) is 18.2 Å². The predicted octanol–water partition coefficient (Wildman–Crippen LogP) is 1.87. The van der Waals surface area contributed by atoms with Gasteiger partial charge in [0.2, 0.25) is 0 Å². The van der Waals surface area contributed by atoms with Crippen LogP contribution < -0.4 is 5.32 Å². The third kappa shape index (κ3) is 3.48. The molecule has 3 nitrogen and oxygen atoms in total. The van der Waals surface area contributed by atoms with Gasteiger partial charge in [0.15, 0.2) is 0 Å². The van der Waals surface area contributed by atoms with Gasteiger partial charge in [0.1, 0.15) is 5.60 Å². The van der Waals surface area contributed by atoms with E-state index >= 15 is 0 Å². The minimum absolute atomic E-state index is 0.0252. The lowest BCUT2D eigenvalue weighted by Gasteiger charge is -2.20. The highest BCUT2D eigenvalue weighted by Crippen LogP contribution is 2.20. The maximum absolute atomic E-state index is 12.5. The summed E-state index contributed by atoms with van der Waals surface area (Å²) in [5.74, 6) is 0. The van der Waals surface area contributed by atoms with Crippen molar-refractivity contribution < 1.29 is 18.6 Å². The minimum Gasteiger partial charge on any atom is -0.386 e. The zero-order valence-corrected chi connectivity index (χ0v) is 10.0. The molecule has 100 valence electrons. The molecule has 0 radical (unpaired) electrons. The molecule has 1 aromatic carbocycles. The van der Waals surface area contributed by atoms with Gasteiger partial charge in [0.05, 0.1) is 6.61 Å². The van der Waals surface area contributed by atoms with Crippen LogP contribution in [0.15, 0.2) is 24.3 Å². The van der Waals surface area contributed by atoms with Crippen molar-refractivity contribution >= 4 is 0 Å². The van der Waals surface area contributed by atoms with Crippen LogP contribution in [-0.4, -0.2) is 30.5 Å². The quantitative estimate of drug-likeness (QED) is 0.846. The summed E-state index contributed by atoms with van der Waals surface area (Å²) in [4.78, 5) is 0. The van der Waals surface area contributed by atoms with Gasteiger partial charge < -0.3 is 15.2 Å². The Kier molecular flexibility index (Phi) is 4.27. The lowest BCUT2D eigenvalue weighted by Crippen LogP contribution is -2.40. The number of rotatable bonds is 5. The molecule has 1 aromatic rings. The van der Waals surface area contributed by atoms with E-state index in [0.717, 1.165) is 5.56 Å². The van der Waals surface area contributed by atoms with Crippen molar-refractivity contribution in [2.24, 2.45) is 0 Å². The van der Waals surface area contributed by atoms with Gasteiger partial charge in [-0.2, -0.15) is 0 Å². The Bertz CT molecular complexity index is 392. The Labute approximate surface area is 105 Å². The molecule has 2 N–H and O–H groups in total. The number of benzene rings is 1. The molecule has 1 atom stereocenters. The standard InChI is InChI=1S/C13H17F2NO2/c14-12(15)11-3-1-2-10(6-11)7-16-8-13(17)4-5-18-9-13/h1-3,6,12,16-17H,4-5,7-9H2. The Balaban J connectivity index is 1.84. The first-order valence-electron chi connectivity index (χ1n) is 5.97. The molecule has 2 rings (SSSR count). The van der Waals surface area contributed by atoms with E-state index in [-0.39, 0.29) is 5.56 Å². The van der Waals surface area contributed by atoms with E-state index < -0.39 is 12.0 Å². The van der Waals surface area contributed by atoms with Crippen LogP contribution in [0.2, 0.25) is 0 Å². The molecule has 1 unspecified atom stereocenters. The lowest BCUT2D eigenvalue weighted by atomic mass is 10.0. The Morgan fingerprint density at radius 2 is 2.28 bits per heavy atom. The van der Waals surface area contributed by atoms with E-state index in [1.165, 1.54) is 12.1 Å². The second kappa shape index (κ2) is 5.73. The van der Waals surface area contributed by atoms with E-state index in [9.17, 15) is 13.9 Å². The normalized spacial score (nSPS) is 23.8. The summed E-state index contributed by atoms with van der Waals surface area (Å²) >= 11 is 0. The number of alkyl halides is 2. The number of ether oxygens (including phenoxy) is 1. The first-order valence-corrected chi connectivity index (χ1v) is 5.97. The summed E-state index contributed by atoms with van der Waals surface area (Å²) < 4.78 is 30.1. The zero-order chi connectivity index (χ0) is 13.0. The fourth-order valence-electron chi connectivity index (χ4n) is 2.01. The average molecular weight is 257 g/mol. The second-order valence-corrected chi connectivity index (χ2v) is 4.68. The van der Waals surface area contributed by atoms with Gasteiger partial charge in [-0.05, 0) is 11.6 Å². The highest BCUT2D eigenvalue weighted by molar-refractivity contribution is 5.24. The monoisotopic (exact) mass is 257 g/mol. The number of hydrogen-bond donors (Lipinski definition) is 2. The minimum atomic E-state index is -2.45. The summed E-state index contributed by atoms with van der Waals surface area (Å²) in [6, 6.07) is 6.29. The van der Waals surface area contributed by atoms with Crippen molar-refractivity contribution in [2.45, 2.75) is 25.0 Å². The SMILES string of the molecule is OC1(CNCc2cccc(C(F)F)c2)CCOC1. The van der Waals surface area contributed by atoms with E-state index in [1.807, 2.05) is 0 Å². The number of hydrogen-bond acceptors (Lipinski definition) is 3. The van der Waals surface area contributed by atoms with Crippen LogP contribution in [0.5, 0.6) is 0 Å². The van der Waals surface area contributed by atoms with Gasteiger partial charge >= 0.3 is 0 Å². The molecule has 0 aromatic heterocycles. The van der Waals surface area contributed by atoms with Crippen LogP contribution in [0.3, 0.4) is 0 Å². The van der Waals surface area contributed by atoms with E-state index in [4.69, 9.17) is 4.74 Å². The van der Waals surface area contributed by atoms with Crippen LogP contribution in [0.25, 0.3) is 0 Å². The van der Waals surface area contributed by atoms with Crippen molar-refractivity contribution in [2.75, 3.05) is 19.8 Å². The first kappa shape index (κ1) is 13.4. The number of halogens is 2. The molecule has 18 heavy (non-hydrogen) atoms. The molecule has 0 amide bonds. The van der Waals surface area contributed by atoms with Crippen LogP contribution in [0, 0.1) is 0 Å². The zero-order valence-electron chi connectivity index (χ0n) is 10.0. The molecule has 1 saturated heterocycles. The van der Waals surface area contributed by atoms with Gasteiger partial charge in [-0.15, -0.1) is 0 Å². The molecule has 0 bridgehead atoms. The molecular weight excluding hydrogens is 240 g/mol. The maximum atomic E-state index is 12.5. The highest BCUT2D eigenvalue weighted by atomic mass is 19.3. The van der Waals surface area contributed by atoms with E-state index in [0.29, 0.717) is 32.7 Å². The van der Waals surface area contributed by atoms with Gasteiger partial charge in [-0.3, -0.25) is 0 Å².